The quantitative estimate of drug-likeness (QED) is 0.469. The number of amides is 1. The maximum atomic E-state index is 13.2. The Morgan fingerprint density at radius 3 is 2.61 bits per heavy atom. The van der Waals surface area contributed by atoms with Gasteiger partial charge < -0.3 is 24.8 Å². The molecule has 1 amide bonds. The Morgan fingerprint density at radius 2 is 1.92 bits per heavy atom. The lowest BCUT2D eigenvalue weighted by Gasteiger charge is -2.28. The number of aromatic nitrogens is 2. The molecule has 3 heterocycles. The highest BCUT2D eigenvalue weighted by molar-refractivity contribution is 6.31. The van der Waals surface area contributed by atoms with Crippen LogP contribution in [-0.2, 0) is 9.53 Å². The van der Waals surface area contributed by atoms with E-state index in [0.29, 0.717) is 35.2 Å². The number of nitrogens with one attached hydrogen (secondary N) is 1. The first kappa shape index (κ1) is 25.4. The molecule has 0 spiro atoms. The van der Waals surface area contributed by atoms with Gasteiger partial charge in [-0.25, -0.2) is 9.97 Å². The number of carboxylic acids is 1. The molecule has 0 radical (unpaired) electrons. The minimum atomic E-state index is -1.06. The van der Waals surface area contributed by atoms with Crippen molar-refractivity contribution < 1.29 is 24.2 Å². The van der Waals surface area contributed by atoms with E-state index in [1.165, 1.54) is 7.11 Å². The number of hydrogen-bond donors (Lipinski definition) is 2. The molecule has 0 aliphatic carbocycles. The van der Waals surface area contributed by atoms with Crippen molar-refractivity contribution in [2.75, 3.05) is 38.3 Å². The second kappa shape index (κ2) is 11.4. The topological polar surface area (TPSA) is 114 Å². The first-order chi connectivity index (χ1) is 17.4. The Balaban J connectivity index is 1.67. The van der Waals surface area contributed by atoms with Crippen LogP contribution >= 0.6 is 11.6 Å². The van der Waals surface area contributed by atoms with Crippen LogP contribution in [0.1, 0.15) is 34.2 Å². The number of hydrogen-bond acceptors (Lipinski definition) is 7. The van der Waals surface area contributed by atoms with Gasteiger partial charge in [0.25, 0.3) is 5.91 Å². The van der Waals surface area contributed by atoms with E-state index >= 15 is 0 Å². The van der Waals surface area contributed by atoms with Gasteiger partial charge in [0, 0.05) is 29.4 Å². The third-order valence-electron chi connectivity index (χ3n) is 5.82. The van der Waals surface area contributed by atoms with Gasteiger partial charge in [-0.15, -0.1) is 0 Å². The number of aliphatic carboxylic acids is 1. The molecule has 9 nitrogen and oxygen atoms in total. The molecule has 4 rings (SSSR count). The molecule has 1 fully saturated rings. The molecular formula is C26H27ClN4O5. The van der Waals surface area contributed by atoms with Gasteiger partial charge in [-0.1, -0.05) is 29.8 Å². The standard InChI is InChI=1S/C26H27ClN4O5/c1-16-13-17(14-23(28-16)31-9-11-36-12-10-31)25-22(35-2)8-7-20(29-25)26(34)30-21(15-24(32)33)18-5-3-4-6-19(18)27/h3-8,13-14,21H,9-12,15H2,1-2H3,(H,30,34)(H,32,33)/t21-/m0/s1. The van der Waals surface area contributed by atoms with Crippen molar-refractivity contribution in [3.8, 4) is 17.0 Å². The number of aryl methyl sites for hydroxylation is 1. The Bertz CT molecular complexity index is 1260. The molecule has 2 aromatic heterocycles. The first-order valence-electron chi connectivity index (χ1n) is 11.5. The summed E-state index contributed by atoms with van der Waals surface area (Å²) in [5, 5.41) is 12.5. The van der Waals surface area contributed by atoms with Crippen molar-refractivity contribution in [3.05, 3.63) is 70.5 Å². The van der Waals surface area contributed by atoms with Gasteiger partial charge in [0.1, 0.15) is 23.0 Å². The molecule has 0 bridgehead atoms. The number of pyridine rings is 2. The van der Waals surface area contributed by atoms with E-state index in [4.69, 9.17) is 21.1 Å². The van der Waals surface area contributed by atoms with Gasteiger partial charge in [-0.3, -0.25) is 9.59 Å². The van der Waals surface area contributed by atoms with Gasteiger partial charge in [0.05, 0.1) is 32.8 Å². The molecule has 1 aliphatic rings. The number of anilines is 1. The summed E-state index contributed by atoms with van der Waals surface area (Å²) in [5.41, 5.74) is 2.67. The second-order valence-corrected chi connectivity index (χ2v) is 8.75. The molecule has 10 heteroatoms. The van der Waals surface area contributed by atoms with Crippen molar-refractivity contribution >= 4 is 29.3 Å². The molecule has 2 N–H and O–H groups in total. The third-order valence-corrected chi connectivity index (χ3v) is 6.17. The summed E-state index contributed by atoms with van der Waals surface area (Å²) >= 11 is 6.28. The van der Waals surface area contributed by atoms with Gasteiger partial charge in [-0.2, -0.15) is 0 Å². The number of halogens is 1. The predicted molar refractivity (Wildman–Crippen MR) is 136 cm³/mol. The number of benzene rings is 1. The molecule has 1 saturated heterocycles. The van der Waals surface area contributed by atoms with Crippen LogP contribution in [0.4, 0.5) is 5.82 Å². The largest absolute Gasteiger partial charge is 0.494 e. The van der Waals surface area contributed by atoms with Gasteiger partial charge in [0.15, 0.2) is 0 Å². The summed E-state index contributed by atoms with van der Waals surface area (Å²) in [5.74, 6) is -0.290. The van der Waals surface area contributed by atoms with E-state index in [-0.39, 0.29) is 12.1 Å². The van der Waals surface area contributed by atoms with Crippen molar-refractivity contribution in [1.82, 2.24) is 15.3 Å². The van der Waals surface area contributed by atoms with Crippen LogP contribution in [-0.4, -0.2) is 60.4 Å². The predicted octanol–water partition coefficient (Wildman–Crippen LogP) is 3.90. The number of morpholine rings is 1. The zero-order valence-electron chi connectivity index (χ0n) is 20.0. The normalized spacial score (nSPS) is 14.2. The maximum absolute atomic E-state index is 13.2. The van der Waals surface area contributed by atoms with Crippen LogP contribution < -0.4 is 15.0 Å². The van der Waals surface area contributed by atoms with Crippen LogP contribution in [0, 0.1) is 6.92 Å². The van der Waals surface area contributed by atoms with E-state index in [9.17, 15) is 14.7 Å². The van der Waals surface area contributed by atoms with Crippen molar-refractivity contribution in [2.24, 2.45) is 0 Å². The van der Waals surface area contributed by atoms with Gasteiger partial charge >= 0.3 is 5.97 Å². The van der Waals surface area contributed by atoms with E-state index in [1.807, 2.05) is 19.1 Å². The van der Waals surface area contributed by atoms with Gasteiger partial charge in [0.2, 0.25) is 0 Å². The minimum Gasteiger partial charge on any atom is -0.494 e. The third kappa shape index (κ3) is 5.92. The number of rotatable bonds is 8. The lowest BCUT2D eigenvalue weighted by Crippen LogP contribution is -2.36. The highest BCUT2D eigenvalue weighted by atomic mass is 35.5. The van der Waals surface area contributed by atoms with Crippen LogP contribution in [0.3, 0.4) is 0 Å². The molecular weight excluding hydrogens is 484 g/mol. The smallest absolute Gasteiger partial charge is 0.305 e. The average Bonchev–Trinajstić information content (AvgIpc) is 2.88. The zero-order chi connectivity index (χ0) is 25.7. The maximum Gasteiger partial charge on any atom is 0.305 e. The number of carbonyl (C=O) groups is 2. The average molecular weight is 511 g/mol. The summed E-state index contributed by atoms with van der Waals surface area (Å²) in [7, 11) is 1.54. The Morgan fingerprint density at radius 1 is 1.17 bits per heavy atom. The number of nitrogens with zero attached hydrogens (tertiary/aromatic N) is 3. The van der Waals surface area contributed by atoms with Crippen LogP contribution in [0.25, 0.3) is 11.3 Å². The molecule has 1 atom stereocenters. The Hall–Kier alpha value is -3.69. The zero-order valence-corrected chi connectivity index (χ0v) is 20.8. The van der Waals surface area contributed by atoms with Gasteiger partial charge in [-0.05, 0) is 42.8 Å². The summed E-state index contributed by atoms with van der Waals surface area (Å²) in [6, 6.07) is 13.0. The molecule has 0 saturated carbocycles. The molecule has 1 aliphatic heterocycles. The lowest BCUT2D eigenvalue weighted by atomic mass is 10.0. The number of methoxy groups -OCH3 is 1. The fourth-order valence-corrected chi connectivity index (χ4v) is 4.36. The Kier molecular flexibility index (Phi) is 8.02. The minimum absolute atomic E-state index is 0.121. The fraction of sp³-hybridized carbons (Fsp3) is 0.308. The molecule has 0 unspecified atom stereocenters. The molecule has 188 valence electrons. The SMILES string of the molecule is COc1ccc(C(=O)N[C@@H](CC(=O)O)c2ccccc2Cl)nc1-c1cc(C)nc(N2CCOCC2)c1. The van der Waals surface area contributed by atoms with Crippen molar-refractivity contribution in [3.63, 3.8) is 0 Å². The molecule has 36 heavy (non-hydrogen) atoms. The second-order valence-electron chi connectivity index (χ2n) is 8.35. The van der Waals surface area contributed by atoms with Crippen molar-refractivity contribution in [1.29, 1.82) is 0 Å². The fourth-order valence-electron chi connectivity index (χ4n) is 4.09. The van der Waals surface area contributed by atoms with Crippen LogP contribution in [0.15, 0.2) is 48.5 Å². The van der Waals surface area contributed by atoms with E-state index in [1.54, 1.807) is 36.4 Å². The highest BCUT2D eigenvalue weighted by Gasteiger charge is 2.23. The monoisotopic (exact) mass is 510 g/mol. The number of ether oxygens (including phenoxy) is 2. The van der Waals surface area contributed by atoms with Crippen molar-refractivity contribution in [2.45, 2.75) is 19.4 Å². The van der Waals surface area contributed by atoms with E-state index in [2.05, 4.69) is 20.2 Å². The molecule has 3 aromatic rings. The Labute approximate surface area is 214 Å². The number of carboxylic acid groups (broad SMARTS) is 1. The number of carbonyl (C=O) groups excluding carboxylic acids is 1. The van der Waals surface area contributed by atoms with Crippen LogP contribution in [0.5, 0.6) is 5.75 Å². The summed E-state index contributed by atoms with van der Waals surface area (Å²) in [4.78, 5) is 36.1. The summed E-state index contributed by atoms with van der Waals surface area (Å²) in [6.45, 7) is 4.62. The summed E-state index contributed by atoms with van der Waals surface area (Å²) in [6.07, 6.45) is -0.328. The molecule has 1 aromatic carbocycles. The summed E-state index contributed by atoms with van der Waals surface area (Å²) < 4.78 is 11.0. The highest BCUT2D eigenvalue weighted by Crippen LogP contribution is 2.32. The van der Waals surface area contributed by atoms with E-state index < -0.39 is 17.9 Å². The first-order valence-corrected chi connectivity index (χ1v) is 11.9. The van der Waals surface area contributed by atoms with Crippen LogP contribution in [0.2, 0.25) is 5.02 Å². The lowest BCUT2D eigenvalue weighted by molar-refractivity contribution is -0.137. The van der Waals surface area contributed by atoms with E-state index in [0.717, 1.165) is 30.2 Å².